The number of nitrogens with one attached hydrogen (secondary N) is 1. The maximum Gasteiger partial charge on any atom is 0.0474 e. The minimum atomic E-state index is 0.188. The van der Waals surface area contributed by atoms with Crippen molar-refractivity contribution < 1.29 is 5.11 Å². The lowest BCUT2D eigenvalue weighted by Gasteiger charge is -2.22. The van der Waals surface area contributed by atoms with Crippen molar-refractivity contribution in [3.05, 3.63) is 69.2 Å². The van der Waals surface area contributed by atoms with E-state index in [4.69, 9.17) is 0 Å². The number of benzene rings is 2. The average molecular weight is 376 g/mol. The number of halogens is 1. The third kappa shape index (κ3) is 4.90. The van der Waals surface area contributed by atoms with E-state index in [-0.39, 0.29) is 18.6 Å². The average Bonchev–Trinajstić information content (AvgIpc) is 2.55. The second-order valence-corrected chi connectivity index (χ2v) is 7.12. The molecule has 0 aliphatic heterocycles. The summed E-state index contributed by atoms with van der Waals surface area (Å²) < 4.78 is 1.11. The van der Waals surface area contributed by atoms with Crippen molar-refractivity contribution in [2.24, 2.45) is 5.92 Å². The van der Waals surface area contributed by atoms with Crippen LogP contribution in [0.15, 0.2) is 46.9 Å². The van der Waals surface area contributed by atoms with Crippen molar-refractivity contribution in [2.75, 3.05) is 13.2 Å². The van der Waals surface area contributed by atoms with Gasteiger partial charge < -0.3 is 10.4 Å². The molecule has 0 aliphatic carbocycles. The van der Waals surface area contributed by atoms with Crippen LogP contribution in [0.3, 0.4) is 0 Å². The van der Waals surface area contributed by atoms with Crippen LogP contribution in [0, 0.1) is 19.8 Å². The van der Waals surface area contributed by atoms with Gasteiger partial charge in [-0.25, -0.2) is 0 Å². The summed E-state index contributed by atoms with van der Waals surface area (Å²) in [5.41, 5.74) is 5.25. The molecule has 3 heteroatoms. The van der Waals surface area contributed by atoms with E-state index in [0.717, 1.165) is 17.4 Å². The van der Waals surface area contributed by atoms with Gasteiger partial charge in [-0.2, -0.15) is 0 Å². The number of aliphatic hydroxyl groups is 1. The van der Waals surface area contributed by atoms with Crippen molar-refractivity contribution >= 4 is 15.9 Å². The van der Waals surface area contributed by atoms with E-state index < -0.39 is 0 Å². The number of hydrogen-bond donors (Lipinski definition) is 2. The maximum atomic E-state index is 9.71. The van der Waals surface area contributed by atoms with Gasteiger partial charge in [0.1, 0.15) is 0 Å². The smallest absolute Gasteiger partial charge is 0.0474 e. The van der Waals surface area contributed by atoms with Crippen molar-refractivity contribution in [1.29, 1.82) is 0 Å². The normalized spacial score (nSPS) is 13.8. The van der Waals surface area contributed by atoms with Crippen molar-refractivity contribution in [3.8, 4) is 0 Å². The van der Waals surface area contributed by atoms with Gasteiger partial charge in [-0.05, 0) is 61.4 Å². The molecule has 2 aromatic carbocycles. The van der Waals surface area contributed by atoms with E-state index in [2.05, 4.69) is 72.3 Å². The molecule has 0 saturated heterocycles. The Morgan fingerprint density at radius 1 is 1.09 bits per heavy atom. The van der Waals surface area contributed by atoms with E-state index in [1.54, 1.807) is 0 Å². The van der Waals surface area contributed by atoms with Gasteiger partial charge in [-0.1, -0.05) is 52.3 Å². The van der Waals surface area contributed by atoms with Gasteiger partial charge in [0.05, 0.1) is 0 Å². The summed E-state index contributed by atoms with van der Waals surface area (Å²) in [7, 11) is 0. The maximum absolute atomic E-state index is 9.71. The molecule has 0 saturated carbocycles. The molecule has 2 nitrogen and oxygen atoms in total. The number of hydrogen-bond acceptors (Lipinski definition) is 2. The Kier molecular flexibility index (Phi) is 6.82. The van der Waals surface area contributed by atoms with E-state index in [9.17, 15) is 5.11 Å². The lowest BCUT2D eigenvalue weighted by molar-refractivity contribution is 0.218. The molecule has 0 radical (unpaired) electrons. The van der Waals surface area contributed by atoms with Gasteiger partial charge in [0.25, 0.3) is 0 Å². The zero-order chi connectivity index (χ0) is 16.8. The van der Waals surface area contributed by atoms with Gasteiger partial charge in [0, 0.05) is 23.7 Å². The van der Waals surface area contributed by atoms with Gasteiger partial charge in [-0.15, -0.1) is 0 Å². The first-order valence-electron chi connectivity index (χ1n) is 8.16. The topological polar surface area (TPSA) is 32.3 Å². The molecule has 2 unspecified atom stereocenters. The summed E-state index contributed by atoms with van der Waals surface area (Å²) in [5.74, 6) is 0.210. The predicted octanol–water partition coefficient (Wildman–Crippen LogP) is 4.57. The quantitative estimate of drug-likeness (QED) is 0.742. The predicted molar refractivity (Wildman–Crippen MR) is 101 cm³/mol. The standard InChI is InChI=1S/C20H26BrNO/c1-14-7-6-9-19(15(14)2)16(3)22-12-17(13-23)11-18-8-4-5-10-20(18)21/h4-10,16-17,22-23H,11-13H2,1-3H3. The van der Waals surface area contributed by atoms with E-state index in [1.807, 2.05) is 12.1 Å². The van der Waals surface area contributed by atoms with E-state index in [0.29, 0.717) is 0 Å². The first-order valence-corrected chi connectivity index (χ1v) is 8.96. The van der Waals surface area contributed by atoms with Gasteiger partial charge in [-0.3, -0.25) is 0 Å². The van der Waals surface area contributed by atoms with Crippen LogP contribution in [-0.4, -0.2) is 18.3 Å². The molecule has 0 fully saturated rings. The summed E-state index contributed by atoms with van der Waals surface area (Å²) in [6.45, 7) is 7.50. The van der Waals surface area contributed by atoms with E-state index in [1.165, 1.54) is 22.3 Å². The number of aryl methyl sites for hydroxylation is 1. The molecule has 0 spiro atoms. The molecule has 2 N–H and O–H groups in total. The highest BCUT2D eigenvalue weighted by Crippen LogP contribution is 2.22. The van der Waals surface area contributed by atoms with Crippen LogP contribution < -0.4 is 5.32 Å². The zero-order valence-corrected chi connectivity index (χ0v) is 15.7. The van der Waals surface area contributed by atoms with Crippen LogP contribution in [0.4, 0.5) is 0 Å². The SMILES string of the molecule is Cc1cccc(C(C)NCC(CO)Cc2ccccc2Br)c1C. The Bertz CT molecular complexity index is 641. The molecule has 2 aromatic rings. The summed E-state index contributed by atoms with van der Waals surface area (Å²) in [6, 6.07) is 14.9. The first kappa shape index (κ1) is 18.2. The number of rotatable bonds is 7. The van der Waals surface area contributed by atoms with Crippen LogP contribution >= 0.6 is 15.9 Å². The highest BCUT2D eigenvalue weighted by molar-refractivity contribution is 9.10. The Morgan fingerprint density at radius 2 is 1.83 bits per heavy atom. The molecule has 2 rings (SSSR count). The lowest BCUT2D eigenvalue weighted by Crippen LogP contribution is -2.29. The van der Waals surface area contributed by atoms with Crippen LogP contribution in [-0.2, 0) is 6.42 Å². The highest BCUT2D eigenvalue weighted by Gasteiger charge is 2.14. The third-order valence-corrected chi connectivity index (χ3v) is 5.32. The Labute approximate surface area is 148 Å². The fraction of sp³-hybridized carbons (Fsp3) is 0.400. The molecule has 0 bridgehead atoms. The molecule has 0 heterocycles. The van der Waals surface area contributed by atoms with Crippen molar-refractivity contribution in [3.63, 3.8) is 0 Å². The third-order valence-electron chi connectivity index (χ3n) is 4.55. The van der Waals surface area contributed by atoms with Crippen LogP contribution in [0.2, 0.25) is 0 Å². The van der Waals surface area contributed by atoms with Crippen LogP contribution in [0.25, 0.3) is 0 Å². The molecule has 0 amide bonds. The minimum Gasteiger partial charge on any atom is -0.396 e. The lowest BCUT2D eigenvalue weighted by atomic mass is 9.96. The molecule has 23 heavy (non-hydrogen) atoms. The zero-order valence-electron chi connectivity index (χ0n) is 14.1. The van der Waals surface area contributed by atoms with Gasteiger partial charge in [0.2, 0.25) is 0 Å². The van der Waals surface area contributed by atoms with Crippen LogP contribution in [0.1, 0.15) is 35.2 Å². The molecule has 0 aromatic heterocycles. The molecular formula is C20H26BrNO. The summed E-state index contributed by atoms with van der Waals surface area (Å²) in [4.78, 5) is 0. The van der Waals surface area contributed by atoms with Gasteiger partial charge >= 0.3 is 0 Å². The Balaban J connectivity index is 1.97. The summed E-state index contributed by atoms with van der Waals surface area (Å²) >= 11 is 3.59. The fourth-order valence-corrected chi connectivity index (χ4v) is 3.32. The Hall–Kier alpha value is -1.16. The minimum absolute atomic E-state index is 0.188. The molecule has 0 aliphatic rings. The molecular weight excluding hydrogens is 350 g/mol. The number of aliphatic hydroxyl groups excluding tert-OH is 1. The fourth-order valence-electron chi connectivity index (χ4n) is 2.87. The van der Waals surface area contributed by atoms with Crippen molar-refractivity contribution in [2.45, 2.75) is 33.2 Å². The second-order valence-electron chi connectivity index (χ2n) is 6.26. The molecule has 2 atom stereocenters. The monoisotopic (exact) mass is 375 g/mol. The van der Waals surface area contributed by atoms with Crippen LogP contribution in [0.5, 0.6) is 0 Å². The Morgan fingerprint density at radius 3 is 2.52 bits per heavy atom. The van der Waals surface area contributed by atoms with Crippen molar-refractivity contribution in [1.82, 2.24) is 5.32 Å². The van der Waals surface area contributed by atoms with E-state index >= 15 is 0 Å². The molecule has 124 valence electrons. The summed E-state index contributed by atoms with van der Waals surface area (Å²) in [5, 5.41) is 13.3. The summed E-state index contributed by atoms with van der Waals surface area (Å²) in [6.07, 6.45) is 0.866. The second kappa shape index (κ2) is 8.62. The van der Waals surface area contributed by atoms with Gasteiger partial charge in [0.15, 0.2) is 0 Å². The largest absolute Gasteiger partial charge is 0.396 e. The first-order chi connectivity index (χ1) is 11.0. The highest BCUT2D eigenvalue weighted by atomic mass is 79.9.